The largest absolute Gasteiger partial charge is 0.497 e. The summed E-state index contributed by atoms with van der Waals surface area (Å²) in [6.07, 6.45) is 1.19. The average Bonchev–Trinajstić information content (AvgIpc) is 2.88. The van der Waals surface area contributed by atoms with Crippen LogP contribution < -0.4 is 9.47 Å². The van der Waals surface area contributed by atoms with Crippen molar-refractivity contribution in [3.05, 3.63) is 40.3 Å². The van der Waals surface area contributed by atoms with E-state index in [9.17, 15) is 5.11 Å². The molecule has 5 heteroatoms. The van der Waals surface area contributed by atoms with Crippen LogP contribution in [0.25, 0.3) is 0 Å². The SMILES string of the molecule is COc1ccc([C@@H](C)O)c(OCc2cncs2)c1. The summed E-state index contributed by atoms with van der Waals surface area (Å²) in [7, 11) is 1.60. The predicted molar refractivity (Wildman–Crippen MR) is 70.1 cm³/mol. The van der Waals surface area contributed by atoms with Gasteiger partial charge in [-0.2, -0.15) is 0 Å². The molecule has 1 N–H and O–H groups in total. The quantitative estimate of drug-likeness (QED) is 0.903. The third kappa shape index (κ3) is 3.00. The van der Waals surface area contributed by atoms with Crippen molar-refractivity contribution < 1.29 is 14.6 Å². The molecule has 0 unspecified atom stereocenters. The van der Waals surface area contributed by atoms with Gasteiger partial charge in [-0.3, -0.25) is 4.98 Å². The molecule has 2 aromatic rings. The third-order valence-electron chi connectivity index (χ3n) is 2.52. The summed E-state index contributed by atoms with van der Waals surface area (Å²) in [6, 6.07) is 5.40. The zero-order valence-electron chi connectivity index (χ0n) is 10.3. The summed E-state index contributed by atoms with van der Waals surface area (Å²) in [5, 5.41) is 9.69. The second-order valence-electron chi connectivity index (χ2n) is 3.84. The van der Waals surface area contributed by atoms with Crippen LogP contribution in [0.5, 0.6) is 11.5 Å². The average molecular weight is 265 g/mol. The zero-order valence-corrected chi connectivity index (χ0v) is 11.1. The normalized spacial score (nSPS) is 12.2. The summed E-state index contributed by atoms with van der Waals surface area (Å²) in [5.74, 6) is 1.34. The van der Waals surface area contributed by atoms with E-state index in [0.29, 0.717) is 18.1 Å². The van der Waals surface area contributed by atoms with Crippen LogP contribution in [0.1, 0.15) is 23.5 Å². The van der Waals surface area contributed by atoms with Crippen LogP contribution in [0.4, 0.5) is 0 Å². The molecule has 1 atom stereocenters. The monoisotopic (exact) mass is 265 g/mol. The Bertz CT molecular complexity index is 497. The molecule has 0 saturated carbocycles. The molecule has 0 amide bonds. The number of aliphatic hydroxyl groups is 1. The molecule has 1 heterocycles. The number of hydrogen-bond acceptors (Lipinski definition) is 5. The zero-order chi connectivity index (χ0) is 13.0. The van der Waals surface area contributed by atoms with Crippen LogP contribution in [0.3, 0.4) is 0 Å². The Hall–Kier alpha value is -1.59. The van der Waals surface area contributed by atoms with Crippen molar-refractivity contribution in [2.24, 2.45) is 0 Å². The van der Waals surface area contributed by atoms with Crippen molar-refractivity contribution in [2.75, 3.05) is 7.11 Å². The highest BCUT2D eigenvalue weighted by Crippen LogP contribution is 2.30. The van der Waals surface area contributed by atoms with E-state index in [-0.39, 0.29) is 0 Å². The number of aromatic nitrogens is 1. The summed E-state index contributed by atoms with van der Waals surface area (Å²) in [5.41, 5.74) is 2.51. The lowest BCUT2D eigenvalue weighted by Crippen LogP contribution is -2.00. The lowest BCUT2D eigenvalue weighted by molar-refractivity contribution is 0.190. The number of benzene rings is 1. The van der Waals surface area contributed by atoms with E-state index >= 15 is 0 Å². The highest BCUT2D eigenvalue weighted by Gasteiger charge is 2.11. The van der Waals surface area contributed by atoms with Crippen molar-refractivity contribution >= 4 is 11.3 Å². The topological polar surface area (TPSA) is 51.6 Å². The first kappa shape index (κ1) is 12.9. The molecule has 4 nitrogen and oxygen atoms in total. The van der Waals surface area contributed by atoms with Gasteiger partial charge in [-0.1, -0.05) is 0 Å². The van der Waals surface area contributed by atoms with Crippen molar-refractivity contribution in [1.82, 2.24) is 4.98 Å². The molecule has 0 spiro atoms. The maximum absolute atomic E-state index is 9.69. The van der Waals surface area contributed by atoms with Gasteiger partial charge < -0.3 is 14.6 Å². The van der Waals surface area contributed by atoms with Crippen LogP contribution in [0.15, 0.2) is 29.9 Å². The Morgan fingerprint density at radius 2 is 2.28 bits per heavy atom. The van der Waals surface area contributed by atoms with Crippen molar-refractivity contribution in [1.29, 1.82) is 0 Å². The highest BCUT2D eigenvalue weighted by molar-refractivity contribution is 7.09. The summed E-state index contributed by atoms with van der Waals surface area (Å²) in [6.45, 7) is 2.15. The summed E-state index contributed by atoms with van der Waals surface area (Å²) >= 11 is 1.54. The molecule has 96 valence electrons. The van der Waals surface area contributed by atoms with Crippen LogP contribution >= 0.6 is 11.3 Å². The Morgan fingerprint density at radius 3 is 2.89 bits per heavy atom. The summed E-state index contributed by atoms with van der Waals surface area (Å²) < 4.78 is 10.9. The molecule has 0 aliphatic rings. The number of rotatable bonds is 5. The lowest BCUT2D eigenvalue weighted by atomic mass is 10.1. The molecule has 1 aromatic heterocycles. The van der Waals surface area contributed by atoms with Crippen molar-refractivity contribution in [3.63, 3.8) is 0 Å². The Balaban J connectivity index is 2.18. The number of aliphatic hydroxyl groups excluding tert-OH is 1. The van der Waals surface area contributed by atoms with Crippen LogP contribution in [0.2, 0.25) is 0 Å². The molecule has 0 fully saturated rings. The van der Waals surface area contributed by atoms with Gasteiger partial charge in [0, 0.05) is 17.8 Å². The van der Waals surface area contributed by atoms with E-state index < -0.39 is 6.10 Å². The van der Waals surface area contributed by atoms with E-state index in [0.717, 1.165) is 10.4 Å². The van der Waals surface area contributed by atoms with E-state index in [2.05, 4.69) is 4.98 Å². The standard InChI is InChI=1S/C13H15NO3S/c1-9(15)12-4-3-10(16-2)5-13(12)17-7-11-6-14-8-18-11/h3-6,8-9,15H,7H2,1-2H3/t9-/m1/s1. The first-order valence-electron chi connectivity index (χ1n) is 5.57. The van der Waals surface area contributed by atoms with E-state index in [1.54, 1.807) is 31.8 Å². The van der Waals surface area contributed by atoms with Crippen molar-refractivity contribution in [2.45, 2.75) is 19.6 Å². The van der Waals surface area contributed by atoms with Gasteiger partial charge in [0.1, 0.15) is 18.1 Å². The second-order valence-corrected chi connectivity index (χ2v) is 4.81. The van der Waals surface area contributed by atoms with E-state index in [4.69, 9.17) is 9.47 Å². The minimum atomic E-state index is -0.577. The fourth-order valence-electron chi connectivity index (χ4n) is 1.57. The second kappa shape index (κ2) is 5.84. The van der Waals surface area contributed by atoms with E-state index in [1.807, 2.05) is 12.1 Å². The number of methoxy groups -OCH3 is 1. The van der Waals surface area contributed by atoms with Gasteiger partial charge in [0.15, 0.2) is 0 Å². The number of hydrogen-bond donors (Lipinski definition) is 1. The Morgan fingerprint density at radius 1 is 1.44 bits per heavy atom. The Kier molecular flexibility index (Phi) is 4.17. The van der Waals surface area contributed by atoms with Crippen molar-refractivity contribution in [3.8, 4) is 11.5 Å². The molecule has 0 aliphatic heterocycles. The first-order valence-corrected chi connectivity index (χ1v) is 6.45. The molecule has 0 radical (unpaired) electrons. The molecule has 18 heavy (non-hydrogen) atoms. The molecule has 0 saturated heterocycles. The first-order chi connectivity index (χ1) is 8.70. The van der Waals surface area contributed by atoms with Gasteiger partial charge in [0.2, 0.25) is 0 Å². The molecule has 1 aromatic carbocycles. The lowest BCUT2D eigenvalue weighted by Gasteiger charge is -2.14. The van der Waals surface area contributed by atoms with Crippen LogP contribution in [-0.4, -0.2) is 17.2 Å². The number of nitrogens with zero attached hydrogens (tertiary/aromatic N) is 1. The van der Waals surface area contributed by atoms with Gasteiger partial charge in [0.25, 0.3) is 0 Å². The molecular formula is C13H15NO3S. The van der Waals surface area contributed by atoms with Gasteiger partial charge in [-0.15, -0.1) is 11.3 Å². The van der Waals surface area contributed by atoms with Gasteiger partial charge in [0.05, 0.1) is 23.6 Å². The highest BCUT2D eigenvalue weighted by atomic mass is 32.1. The van der Waals surface area contributed by atoms with Crippen LogP contribution in [0, 0.1) is 0 Å². The van der Waals surface area contributed by atoms with Gasteiger partial charge >= 0.3 is 0 Å². The molecule has 0 bridgehead atoms. The van der Waals surface area contributed by atoms with Crippen LogP contribution in [-0.2, 0) is 6.61 Å². The predicted octanol–water partition coefficient (Wildman–Crippen LogP) is 2.78. The number of thiazole rings is 1. The van der Waals surface area contributed by atoms with Gasteiger partial charge in [-0.25, -0.2) is 0 Å². The third-order valence-corrected chi connectivity index (χ3v) is 3.28. The Labute approximate surface area is 110 Å². The minimum Gasteiger partial charge on any atom is -0.497 e. The molecule has 0 aliphatic carbocycles. The maximum Gasteiger partial charge on any atom is 0.129 e. The van der Waals surface area contributed by atoms with E-state index in [1.165, 1.54) is 11.3 Å². The molecule has 2 rings (SSSR count). The van der Waals surface area contributed by atoms with Gasteiger partial charge in [-0.05, 0) is 19.1 Å². The fraction of sp³-hybridized carbons (Fsp3) is 0.308. The minimum absolute atomic E-state index is 0.442. The fourth-order valence-corrected chi connectivity index (χ4v) is 2.08. The number of ether oxygens (including phenoxy) is 2. The summed E-state index contributed by atoms with van der Waals surface area (Å²) in [4.78, 5) is 5.03. The smallest absolute Gasteiger partial charge is 0.129 e. The molecular weight excluding hydrogens is 250 g/mol. The maximum atomic E-state index is 9.69.